The molecular formula is C15H21N3OS. The van der Waals surface area contributed by atoms with Crippen LogP contribution < -0.4 is 10.1 Å². The zero-order valence-electron chi connectivity index (χ0n) is 12.3. The zero-order chi connectivity index (χ0) is 14.1. The fraction of sp³-hybridized carbons (Fsp3) is 0.533. The monoisotopic (exact) mass is 291 g/mol. The number of hydrogen-bond acceptors (Lipinski definition) is 4. The number of aryl methyl sites for hydroxylation is 3. The summed E-state index contributed by atoms with van der Waals surface area (Å²) in [6, 6.07) is 2.51. The van der Waals surface area contributed by atoms with Gasteiger partial charge < -0.3 is 10.1 Å². The Morgan fingerprint density at radius 3 is 2.90 bits per heavy atom. The molecule has 2 heterocycles. The second-order valence-corrected chi connectivity index (χ2v) is 6.42. The first kappa shape index (κ1) is 13.6. The van der Waals surface area contributed by atoms with Crippen LogP contribution in [0.4, 0.5) is 0 Å². The molecule has 1 N–H and O–H groups in total. The third-order valence-electron chi connectivity index (χ3n) is 4.03. The van der Waals surface area contributed by atoms with Crippen molar-refractivity contribution >= 4 is 11.3 Å². The van der Waals surface area contributed by atoms with Gasteiger partial charge in [0.15, 0.2) is 5.75 Å². The maximum Gasteiger partial charge on any atom is 0.161 e. The van der Waals surface area contributed by atoms with E-state index in [4.69, 9.17) is 4.74 Å². The molecule has 3 rings (SSSR count). The molecule has 1 atom stereocenters. The van der Waals surface area contributed by atoms with E-state index < -0.39 is 0 Å². The number of fused-ring (bicyclic) bond motifs is 1. The highest BCUT2D eigenvalue weighted by Gasteiger charge is 2.24. The van der Waals surface area contributed by atoms with Crippen molar-refractivity contribution in [3.63, 3.8) is 0 Å². The Bertz CT molecular complexity index is 579. The molecule has 20 heavy (non-hydrogen) atoms. The van der Waals surface area contributed by atoms with Gasteiger partial charge in [-0.05, 0) is 44.4 Å². The van der Waals surface area contributed by atoms with E-state index in [1.165, 1.54) is 36.1 Å². The molecule has 0 amide bonds. The molecule has 2 aromatic heterocycles. The molecule has 108 valence electrons. The number of nitrogens with zero attached hydrogens (tertiary/aromatic N) is 2. The Morgan fingerprint density at radius 2 is 2.20 bits per heavy atom. The summed E-state index contributed by atoms with van der Waals surface area (Å²) in [5, 5.41) is 7.73. The largest absolute Gasteiger partial charge is 0.493 e. The van der Waals surface area contributed by atoms with Crippen LogP contribution >= 0.6 is 11.3 Å². The third kappa shape index (κ3) is 2.25. The number of aromatic nitrogens is 2. The summed E-state index contributed by atoms with van der Waals surface area (Å²) in [5.74, 6) is 0.846. The molecule has 2 aromatic rings. The Labute approximate surface area is 123 Å². The van der Waals surface area contributed by atoms with Crippen LogP contribution in [0.15, 0.2) is 12.3 Å². The van der Waals surface area contributed by atoms with Crippen LogP contribution in [0.2, 0.25) is 0 Å². The summed E-state index contributed by atoms with van der Waals surface area (Å²) in [7, 11) is 5.66. The average molecular weight is 291 g/mol. The van der Waals surface area contributed by atoms with E-state index in [9.17, 15) is 0 Å². The maximum absolute atomic E-state index is 5.45. The number of hydrogen-bond donors (Lipinski definition) is 1. The molecular weight excluding hydrogens is 270 g/mol. The standard InChI is InChI=1S/C15H21N3OS/c1-16-14(15-11(19-3)9-17-18(15)2)13-8-10-6-4-5-7-12(10)20-13/h8-9,14,16H,4-7H2,1-3H3. The first-order chi connectivity index (χ1) is 9.74. The van der Waals surface area contributed by atoms with Crippen LogP contribution in [0.3, 0.4) is 0 Å². The normalized spacial score (nSPS) is 15.9. The number of rotatable bonds is 4. The lowest BCUT2D eigenvalue weighted by Gasteiger charge is -2.16. The van der Waals surface area contributed by atoms with Crippen LogP contribution in [-0.4, -0.2) is 23.9 Å². The molecule has 0 saturated heterocycles. The molecule has 1 aliphatic carbocycles. The van der Waals surface area contributed by atoms with Gasteiger partial charge in [0.2, 0.25) is 0 Å². The van der Waals surface area contributed by atoms with Crippen molar-refractivity contribution in [1.29, 1.82) is 0 Å². The Hall–Kier alpha value is -1.33. The summed E-state index contributed by atoms with van der Waals surface area (Å²) in [4.78, 5) is 2.92. The average Bonchev–Trinajstić information content (AvgIpc) is 3.04. The van der Waals surface area contributed by atoms with E-state index in [0.29, 0.717) is 0 Å². The van der Waals surface area contributed by atoms with Crippen LogP contribution in [-0.2, 0) is 19.9 Å². The topological polar surface area (TPSA) is 39.1 Å². The highest BCUT2D eigenvalue weighted by Crippen LogP contribution is 2.37. The fourth-order valence-electron chi connectivity index (χ4n) is 2.98. The third-order valence-corrected chi connectivity index (χ3v) is 5.33. The number of methoxy groups -OCH3 is 1. The lowest BCUT2D eigenvalue weighted by atomic mass is 9.98. The van der Waals surface area contributed by atoms with Gasteiger partial charge in [0.1, 0.15) is 5.69 Å². The number of nitrogens with one attached hydrogen (secondary N) is 1. The van der Waals surface area contributed by atoms with E-state index in [1.54, 1.807) is 18.2 Å². The van der Waals surface area contributed by atoms with Crippen molar-refractivity contribution in [3.05, 3.63) is 33.3 Å². The highest BCUT2D eigenvalue weighted by atomic mass is 32.1. The summed E-state index contributed by atoms with van der Waals surface area (Å²) in [6.07, 6.45) is 6.89. The molecule has 0 aromatic carbocycles. The van der Waals surface area contributed by atoms with Gasteiger partial charge in [0.25, 0.3) is 0 Å². The molecule has 0 bridgehead atoms. The van der Waals surface area contributed by atoms with Gasteiger partial charge in [-0.25, -0.2) is 0 Å². The molecule has 5 heteroatoms. The van der Waals surface area contributed by atoms with Gasteiger partial charge >= 0.3 is 0 Å². The molecule has 0 saturated carbocycles. The van der Waals surface area contributed by atoms with Crippen molar-refractivity contribution in [1.82, 2.24) is 15.1 Å². The Balaban J connectivity index is 2.01. The van der Waals surface area contributed by atoms with E-state index in [0.717, 1.165) is 11.4 Å². The SMILES string of the molecule is CNC(c1cc2c(s1)CCCC2)c1c(OC)cnn1C. The first-order valence-electron chi connectivity index (χ1n) is 7.09. The minimum atomic E-state index is 0.146. The Kier molecular flexibility index (Phi) is 3.81. The minimum Gasteiger partial charge on any atom is -0.493 e. The summed E-state index contributed by atoms with van der Waals surface area (Å²) in [5.41, 5.74) is 2.63. The van der Waals surface area contributed by atoms with E-state index in [-0.39, 0.29) is 6.04 Å². The van der Waals surface area contributed by atoms with Gasteiger partial charge in [-0.3, -0.25) is 4.68 Å². The quantitative estimate of drug-likeness (QED) is 0.941. The summed E-state index contributed by atoms with van der Waals surface area (Å²) in [6.45, 7) is 0. The second-order valence-electron chi connectivity index (χ2n) is 5.25. The molecule has 0 fully saturated rings. The van der Waals surface area contributed by atoms with E-state index in [2.05, 4.69) is 16.5 Å². The van der Waals surface area contributed by atoms with E-state index >= 15 is 0 Å². The summed E-state index contributed by atoms with van der Waals surface area (Å²) >= 11 is 1.93. The predicted octanol–water partition coefficient (Wildman–Crippen LogP) is 2.68. The highest BCUT2D eigenvalue weighted by molar-refractivity contribution is 7.12. The van der Waals surface area contributed by atoms with E-state index in [1.807, 2.05) is 30.1 Å². The van der Waals surface area contributed by atoms with Gasteiger partial charge in [-0.2, -0.15) is 5.10 Å². The van der Waals surface area contributed by atoms with Crippen LogP contribution in [0, 0.1) is 0 Å². The van der Waals surface area contributed by atoms with Gasteiger partial charge in [-0.15, -0.1) is 11.3 Å². The summed E-state index contributed by atoms with van der Waals surface area (Å²) < 4.78 is 7.36. The molecule has 1 aliphatic rings. The van der Waals surface area contributed by atoms with Gasteiger partial charge in [0, 0.05) is 16.8 Å². The van der Waals surface area contributed by atoms with Crippen LogP contribution in [0.25, 0.3) is 0 Å². The van der Waals surface area contributed by atoms with Crippen molar-refractivity contribution in [2.45, 2.75) is 31.7 Å². The van der Waals surface area contributed by atoms with Gasteiger partial charge in [-0.1, -0.05) is 0 Å². The van der Waals surface area contributed by atoms with Crippen molar-refractivity contribution in [2.75, 3.05) is 14.2 Å². The lowest BCUT2D eigenvalue weighted by Crippen LogP contribution is -2.20. The molecule has 4 nitrogen and oxygen atoms in total. The molecule has 0 aliphatic heterocycles. The zero-order valence-corrected chi connectivity index (χ0v) is 13.1. The second kappa shape index (κ2) is 5.58. The first-order valence-corrected chi connectivity index (χ1v) is 7.91. The van der Waals surface area contributed by atoms with Gasteiger partial charge in [0.05, 0.1) is 19.3 Å². The van der Waals surface area contributed by atoms with Crippen LogP contribution in [0.1, 0.15) is 39.9 Å². The number of thiophene rings is 1. The van der Waals surface area contributed by atoms with Crippen molar-refractivity contribution in [3.8, 4) is 5.75 Å². The minimum absolute atomic E-state index is 0.146. The molecule has 0 spiro atoms. The van der Waals surface area contributed by atoms with Crippen molar-refractivity contribution < 1.29 is 4.74 Å². The maximum atomic E-state index is 5.45. The molecule has 1 unspecified atom stereocenters. The lowest BCUT2D eigenvalue weighted by molar-refractivity contribution is 0.403. The van der Waals surface area contributed by atoms with Crippen molar-refractivity contribution in [2.24, 2.45) is 7.05 Å². The molecule has 0 radical (unpaired) electrons. The van der Waals surface area contributed by atoms with Crippen LogP contribution in [0.5, 0.6) is 5.75 Å². The fourth-order valence-corrected chi connectivity index (χ4v) is 4.35. The smallest absolute Gasteiger partial charge is 0.161 e. The predicted molar refractivity (Wildman–Crippen MR) is 81.6 cm³/mol. The Morgan fingerprint density at radius 1 is 1.40 bits per heavy atom. The number of ether oxygens (including phenoxy) is 1.